The Kier molecular flexibility index (Phi) is 7.36. The van der Waals surface area contributed by atoms with Gasteiger partial charge >= 0.3 is 12.1 Å². The topological polar surface area (TPSA) is 59.0 Å². The number of carboxylic acid groups (broad SMARTS) is 1. The molecule has 2 saturated heterocycles. The number of halogens is 3. The molecule has 1 aromatic rings. The van der Waals surface area contributed by atoms with Crippen molar-refractivity contribution in [1.82, 2.24) is 4.90 Å². The summed E-state index contributed by atoms with van der Waals surface area (Å²) >= 11 is 1.79. The van der Waals surface area contributed by atoms with Crippen LogP contribution < -0.4 is 0 Å². The third-order valence-electron chi connectivity index (χ3n) is 5.31. The van der Waals surface area contributed by atoms with Gasteiger partial charge in [-0.1, -0.05) is 0 Å². The number of ether oxygens (including phenoxy) is 2. The molecule has 158 valence electrons. The Morgan fingerprint density at radius 1 is 1.25 bits per heavy atom. The number of nitrogens with zero attached hydrogens (tertiary/aromatic N) is 1. The predicted molar refractivity (Wildman–Crippen MR) is 98.3 cm³/mol. The second-order valence-corrected chi connectivity index (χ2v) is 8.40. The van der Waals surface area contributed by atoms with Gasteiger partial charge in [0.1, 0.15) is 0 Å². The summed E-state index contributed by atoms with van der Waals surface area (Å²) in [5.41, 5.74) is 1.45. The number of fused-ring (bicyclic) bond motifs is 1. The lowest BCUT2D eigenvalue weighted by Gasteiger charge is -2.36. The maximum atomic E-state index is 10.6. The highest BCUT2D eigenvalue weighted by Crippen LogP contribution is 2.33. The van der Waals surface area contributed by atoms with Crippen molar-refractivity contribution in [2.75, 3.05) is 19.8 Å². The zero-order valence-electron chi connectivity index (χ0n) is 15.6. The first-order valence-electron chi connectivity index (χ1n) is 9.61. The molecule has 9 heteroatoms. The Morgan fingerprint density at radius 3 is 2.61 bits per heavy atom. The predicted octanol–water partition coefficient (Wildman–Crippen LogP) is 3.93. The van der Waals surface area contributed by atoms with E-state index in [1.54, 1.807) is 11.3 Å². The van der Waals surface area contributed by atoms with Gasteiger partial charge in [0, 0.05) is 25.7 Å². The van der Waals surface area contributed by atoms with Crippen LogP contribution in [0.25, 0.3) is 0 Å². The van der Waals surface area contributed by atoms with E-state index < -0.39 is 12.1 Å². The molecule has 5 nitrogen and oxygen atoms in total. The van der Waals surface area contributed by atoms with Gasteiger partial charge in [0.15, 0.2) is 0 Å². The number of carbonyl (C=O) groups is 1. The SMILES string of the molecule is O=C(O)C(F)(F)F.c1cc(CN2CC[C@@H]3OC(COCC4CC4)CC[C@@H]32)cs1. The van der Waals surface area contributed by atoms with Crippen molar-refractivity contribution in [3.63, 3.8) is 0 Å². The van der Waals surface area contributed by atoms with Crippen LogP contribution >= 0.6 is 11.3 Å². The summed E-state index contributed by atoms with van der Waals surface area (Å²) in [6.45, 7) is 4.04. The van der Waals surface area contributed by atoms with Crippen molar-refractivity contribution in [2.45, 2.75) is 63.1 Å². The first-order chi connectivity index (χ1) is 13.3. The number of hydrogen-bond acceptors (Lipinski definition) is 5. The minimum atomic E-state index is -5.08. The number of aliphatic carboxylic acids is 1. The van der Waals surface area contributed by atoms with Crippen LogP contribution in [0.2, 0.25) is 0 Å². The lowest BCUT2D eigenvalue weighted by Crippen LogP contribution is -2.43. The van der Waals surface area contributed by atoms with Gasteiger partial charge in [-0.3, -0.25) is 4.90 Å². The highest BCUT2D eigenvalue weighted by molar-refractivity contribution is 7.07. The molecule has 3 heterocycles. The van der Waals surface area contributed by atoms with Gasteiger partial charge < -0.3 is 14.6 Å². The summed E-state index contributed by atoms with van der Waals surface area (Å²) in [6.07, 6.45) is 2.05. The van der Waals surface area contributed by atoms with Crippen LogP contribution in [0.15, 0.2) is 16.8 Å². The fourth-order valence-electron chi connectivity index (χ4n) is 3.67. The molecule has 28 heavy (non-hydrogen) atoms. The number of alkyl halides is 3. The first-order valence-corrected chi connectivity index (χ1v) is 10.6. The van der Waals surface area contributed by atoms with E-state index in [2.05, 4.69) is 21.7 Å². The van der Waals surface area contributed by atoms with Gasteiger partial charge in [-0.25, -0.2) is 4.79 Å². The maximum absolute atomic E-state index is 10.6. The Labute approximate surface area is 166 Å². The monoisotopic (exact) mass is 421 g/mol. The molecule has 1 aromatic heterocycles. The van der Waals surface area contributed by atoms with Crippen molar-refractivity contribution in [3.8, 4) is 0 Å². The Balaban J connectivity index is 0.000000279. The van der Waals surface area contributed by atoms with Crippen molar-refractivity contribution >= 4 is 17.3 Å². The normalized spacial score (nSPS) is 27.8. The van der Waals surface area contributed by atoms with Crippen molar-refractivity contribution < 1.29 is 32.5 Å². The zero-order valence-corrected chi connectivity index (χ0v) is 16.4. The molecule has 0 spiro atoms. The van der Waals surface area contributed by atoms with Crippen LogP contribution in [0.3, 0.4) is 0 Å². The molecule has 0 bridgehead atoms. The van der Waals surface area contributed by atoms with Gasteiger partial charge in [0.05, 0.1) is 18.8 Å². The number of rotatable bonds is 6. The number of carboxylic acids is 1. The molecule has 2 aliphatic heterocycles. The lowest BCUT2D eigenvalue weighted by atomic mass is 9.99. The van der Waals surface area contributed by atoms with Gasteiger partial charge in [0.25, 0.3) is 0 Å². The summed E-state index contributed by atoms with van der Waals surface area (Å²) in [4.78, 5) is 11.5. The minimum Gasteiger partial charge on any atom is -0.475 e. The van der Waals surface area contributed by atoms with Gasteiger partial charge in [-0.15, -0.1) is 0 Å². The number of likely N-dealkylation sites (tertiary alicyclic amines) is 1. The van der Waals surface area contributed by atoms with Crippen molar-refractivity contribution in [1.29, 1.82) is 0 Å². The van der Waals surface area contributed by atoms with Crippen LogP contribution in [-0.4, -0.2) is 60.2 Å². The molecule has 3 atom stereocenters. The molecule has 1 N–H and O–H groups in total. The molecule has 0 amide bonds. The van der Waals surface area contributed by atoms with E-state index in [0.717, 1.165) is 32.1 Å². The van der Waals surface area contributed by atoms with Crippen molar-refractivity contribution in [2.24, 2.45) is 5.92 Å². The third kappa shape index (κ3) is 6.43. The van der Waals surface area contributed by atoms with Crippen LogP contribution in [0.5, 0.6) is 0 Å². The van der Waals surface area contributed by atoms with Crippen LogP contribution in [0.1, 0.15) is 37.7 Å². The summed E-state index contributed by atoms with van der Waals surface area (Å²) in [5.74, 6) is -1.90. The van der Waals surface area contributed by atoms with Crippen LogP contribution in [0, 0.1) is 5.92 Å². The maximum Gasteiger partial charge on any atom is 0.490 e. The van der Waals surface area contributed by atoms with E-state index in [0.29, 0.717) is 18.2 Å². The second kappa shape index (κ2) is 9.56. The molecule has 3 fully saturated rings. The first kappa shape index (κ1) is 21.5. The van der Waals surface area contributed by atoms with E-state index in [9.17, 15) is 13.2 Å². The summed E-state index contributed by atoms with van der Waals surface area (Å²) in [7, 11) is 0. The third-order valence-corrected chi connectivity index (χ3v) is 6.05. The Morgan fingerprint density at radius 2 is 2.00 bits per heavy atom. The fraction of sp³-hybridized carbons (Fsp3) is 0.737. The summed E-state index contributed by atoms with van der Waals surface area (Å²) in [5, 5.41) is 11.6. The van der Waals surface area contributed by atoms with E-state index in [4.69, 9.17) is 19.4 Å². The largest absolute Gasteiger partial charge is 0.490 e. The molecule has 3 aliphatic rings. The molecule has 1 unspecified atom stereocenters. The van der Waals surface area contributed by atoms with E-state index in [1.807, 2.05) is 0 Å². The van der Waals surface area contributed by atoms with Crippen LogP contribution in [-0.2, 0) is 20.8 Å². The molecule has 0 radical (unpaired) electrons. The fourth-order valence-corrected chi connectivity index (χ4v) is 4.33. The van der Waals surface area contributed by atoms with E-state index in [1.165, 1.54) is 37.8 Å². The molecular formula is C19H26F3NO4S. The average Bonchev–Trinajstić information content (AvgIpc) is 3.16. The number of thiophene rings is 1. The van der Waals surface area contributed by atoms with E-state index >= 15 is 0 Å². The lowest BCUT2D eigenvalue weighted by molar-refractivity contribution is -0.192. The smallest absolute Gasteiger partial charge is 0.475 e. The van der Waals surface area contributed by atoms with Gasteiger partial charge in [-0.05, 0) is 60.4 Å². The quantitative estimate of drug-likeness (QED) is 0.754. The zero-order chi connectivity index (χ0) is 20.1. The molecule has 4 rings (SSSR count). The molecular weight excluding hydrogens is 395 g/mol. The van der Waals surface area contributed by atoms with Gasteiger partial charge in [0.2, 0.25) is 0 Å². The summed E-state index contributed by atoms with van der Waals surface area (Å²) in [6, 6.07) is 2.88. The highest BCUT2D eigenvalue weighted by Gasteiger charge is 2.40. The van der Waals surface area contributed by atoms with Gasteiger partial charge in [-0.2, -0.15) is 24.5 Å². The van der Waals surface area contributed by atoms with E-state index in [-0.39, 0.29) is 0 Å². The standard InChI is InChI=1S/C17H25NO2S.C2HF3O2/c1-2-13(1)10-19-11-15-3-4-16-17(20-15)5-7-18(16)9-14-6-8-21-12-14;3-2(4,5)1(6)7/h6,8,12-13,15-17H,1-5,7,9-11H2;(H,6,7)/t15?,16-,17-;/m0./s1. The van der Waals surface area contributed by atoms with Crippen LogP contribution in [0.4, 0.5) is 13.2 Å². The number of hydrogen-bond donors (Lipinski definition) is 1. The Hall–Kier alpha value is -1.16. The highest BCUT2D eigenvalue weighted by atomic mass is 32.1. The van der Waals surface area contributed by atoms with Crippen molar-refractivity contribution in [3.05, 3.63) is 22.4 Å². The molecule has 1 saturated carbocycles. The average molecular weight is 421 g/mol. The second-order valence-electron chi connectivity index (χ2n) is 7.62. The Bertz CT molecular complexity index is 621. The minimum absolute atomic E-state index is 0.339. The molecule has 0 aromatic carbocycles. The summed E-state index contributed by atoms with van der Waals surface area (Å²) < 4.78 is 43.9. The molecule has 1 aliphatic carbocycles.